The molecule has 0 fully saturated rings. The Bertz CT molecular complexity index is 347. The van der Waals surface area contributed by atoms with Gasteiger partial charge in [0.25, 0.3) is 0 Å². The molecule has 0 unspecified atom stereocenters. The highest BCUT2D eigenvalue weighted by Gasteiger charge is 2.16. The van der Waals surface area contributed by atoms with Crippen LogP contribution >= 0.6 is 39.5 Å². The molecule has 0 aromatic heterocycles. The Morgan fingerprint density at radius 3 is 2.38 bits per heavy atom. The van der Waals surface area contributed by atoms with Crippen LogP contribution in [0.3, 0.4) is 0 Å². The van der Waals surface area contributed by atoms with Crippen LogP contribution in [0.4, 0.5) is 0 Å². The van der Waals surface area contributed by atoms with Crippen molar-refractivity contribution in [2.75, 3.05) is 11.5 Å². The molecule has 0 aliphatic carbocycles. The number of aryl methyl sites for hydroxylation is 2. The number of halogens is 1. The molecule has 0 spiro atoms. The molecule has 0 nitrogen and oxygen atoms in total. The quantitative estimate of drug-likeness (QED) is 0.693. The molecule has 1 aliphatic rings. The van der Waals surface area contributed by atoms with Gasteiger partial charge < -0.3 is 0 Å². The molecule has 13 heavy (non-hydrogen) atoms. The minimum absolute atomic E-state index is 1.24. The zero-order valence-corrected chi connectivity index (χ0v) is 10.9. The molecule has 0 atom stereocenters. The van der Waals surface area contributed by atoms with Crippen LogP contribution in [0.2, 0.25) is 0 Å². The lowest BCUT2D eigenvalue weighted by atomic mass is 10.2. The molecule has 1 aromatic carbocycles. The second-order valence-corrected chi connectivity index (χ2v) is 6.18. The fourth-order valence-corrected chi connectivity index (χ4v) is 4.82. The third-order valence-electron chi connectivity index (χ3n) is 2.12. The largest absolute Gasteiger partial charge is 0.124 e. The lowest BCUT2D eigenvalue weighted by Crippen LogP contribution is -1.98. The van der Waals surface area contributed by atoms with Crippen molar-refractivity contribution >= 4 is 39.5 Å². The van der Waals surface area contributed by atoms with Gasteiger partial charge in [-0.1, -0.05) is 6.07 Å². The molecule has 2 rings (SSSR count). The molecular weight excluding hydrogens is 264 g/mol. The summed E-state index contributed by atoms with van der Waals surface area (Å²) < 4.78 is 1.30. The van der Waals surface area contributed by atoms with E-state index < -0.39 is 0 Å². The van der Waals surface area contributed by atoms with Crippen molar-refractivity contribution in [1.29, 1.82) is 0 Å². The first kappa shape index (κ1) is 9.94. The third kappa shape index (κ3) is 1.79. The third-order valence-corrected chi connectivity index (χ3v) is 6.12. The molecule has 70 valence electrons. The first-order valence-electron chi connectivity index (χ1n) is 4.25. The van der Waals surface area contributed by atoms with Crippen molar-refractivity contribution < 1.29 is 0 Å². The van der Waals surface area contributed by atoms with Crippen molar-refractivity contribution in [3.63, 3.8) is 0 Å². The second kappa shape index (κ2) is 3.87. The highest BCUT2D eigenvalue weighted by Crippen LogP contribution is 2.44. The predicted molar refractivity (Wildman–Crippen MR) is 65.1 cm³/mol. The summed E-state index contributed by atoms with van der Waals surface area (Å²) in [6.45, 7) is 4.37. The van der Waals surface area contributed by atoms with Gasteiger partial charge >= 0.3 is 0 Å². The van der Waals surface area contributed by atoms with Crippen LogP contribution in [0.15, 0.2) is 20.3 Å². The van der Waals surface area contributed by atoms with E-state index >= 15 is 0 Å². The molecule has 3 heteroatoms. The Morgan fingerprint density at radius 1 is 1.08 bits per heavy atom. The van der Waals surface area contributed by atoms with Crippen LogP contribution in [0, 0.1) is 13.8 Å². The molecule has 0 N–H and O–H groups in total. The van der Waals surface area contributed by atoms with Gasteiger partial charge in [-0.05, 0) is 40.9 Å². The smallest absolute Gasteiger partial charge is 0.0356 e. The minimum Gasteiger partial charge on any atom is -0.124 e. The molecule has 0 bridgehead atoms. The average molecular weight is 275 g/mol. The van der Waals surface area contributed by atoms with E-state index in [1.54, 1.807) is 0 Å². The first-order valence-corrected chi connectivity index (χ1v) is 7.02. The molecule has 1 aliphatic heterocycles. The van der Waals surface area contributed by atoms with Gasteiger partial charge in [-0.2, -0.15) is 0 Å². The van der Waals surface area contributed by atoms with Gasteiger partial charge in [-0.3, -0.25) is 0 Å². The van der Waals surface area contributed by atoms with Gasteiger partial charge in [-0.25, -0.2) is 0 Å². The maximum Gasteiger partial charge on any atom is 0.0356 e. The molecular formula is C10H11BrS2. The zero-order chi connectivity index (χ0) is 9.42. The van der Waals surface area contributed by atoms with Gasteiger partial charge in [0, 0.05) is 25.8 Å². The van der Waals surface area contributed by atoms with Crippen molar-refractivity contribution in [3.8, 4) is 0 Å². The summed E-state index contributed by atoms with van der Waals surface area (Å²) in [6, 6.07) is 2.27. The SMILES string of the molecule is Cc1cc(C)c2c(c1Br)SCCS2. The standard InChI is InChI=1S/C10H11BrS2/c1-6-5-7(2)9-10(8(6)11)13-4-3-12-9/h5H,3-4H2,1-2H3. The Morgan fingerprint density at radius 2 is 1.69 bits per heavy atom. The summed E-state index contributed by atoms with van der Waals surface area (Å²) in [6.07, 6.45) is 0. The maximum atomic E-state index is 3.67. The van der Waals surface area contributed by atoms with E-state index in [1.165, 1.54) is 36.9 Å². The van der Waals surface area contributed by atoms with E-state index in [0.717, 1.165) is 0 Å². The monoisotopic (exact) mass is 274 g/mol. The number of hydrogen-bond acceptors (Lipinski definition) is 2. The second-order valence-electron chi connectivity index (χ2n) is 3.18. The zero-order valence-electron chi connectivity index (χ0n) is 7.69. The lowest BCUT2D eigenvalue weighted by Gasteiger charge is -2.19. The molecule has 0 saturated carbocycles. The Hall–Kier alpha value is 0.400. The predicted octanol–water partition coefficient (Wildman–Crippen LogP) is 4.26. The fraction of sp³-hybridized carbons (Fsp3) is 0.400. The average Bonchev–Trinajstić information content (AvgIpc) is 2.15. The van der Waals surface area contributed by atoms with Crippen molar-refractivity contribution in [2.24, 2.45) is 0 Å². The summed E-state index contributed by atoms with van der Waals surface area (Å²) in [5, 5.41) is 0. The molecule has 1 heterocycles. The lowest BCUT2D eigenvalue weighted by molar-refractivity contribution is 1.10. The topological polar surface area (TPSA) is 0 Å². The Kier molecular flexibility index (Phi) is 2.96. The van der Waals surface area contributed by atoms with E-state index in [1.807, 2.05) is 23.5 Å². The van der Waals surface area contributed by atoms with Gasteiger partial charge in [-0.15, -0.1) is 23.5 Å². The van der Waals surface area contributed by atoms with Gasteiger partial charge in [0.15, 0.2) is 0 Å². The molecule has 0 saturated heterocycles. The van der Waals surface area contributed by atoms with Crippen LogP contribution in [-0.4, -0.2) is 11.5 Å². The number of fused-ring (bicyclic) bond motifs is 1. The molecule has 0 amide bonds. The Labute approximate surface area is 96.0 Å². The summed E-state index contributed by atoms with van der Waals surface area (Å²) in [5.41, 5.74) is 2.78. The van der Waals surface area contributed by atoms with Crippen LogP contribution in [0.25, 0.3) is 0 Å². The highest BCUT2D eigenvalue weighted by molar-refractivity contribution is 9.10. The number of benzene rings is 1. The van der Waals surface area contributed by atoms with Crippen LogP contribution in [-0.2, 0) is 0 Å². The van der Waals surface area contributed by atoms with Crippen LogP contribution in [0.1, 0.15) is 11.1 Å². The van der Waals surface area contributed by atoms with Crippen molar-refractivity contribution in [2.45, 2.75) is 23.6 Å². The molecule has 1 aromatic rings. The van der Waals surface area contributed by atoms with Crippen molar-refractivity contribution in [1.82, 2.24) is 0 Å². The number of hydrogen-bond donors (Lipinski definition) is 0. The normalized spacial score (nSPS) is 15.6. The van der Waals surface area contributed by atoms with Crippen LogP contribution < -0.4 is 0 Å². The van der Waals surface area contributed by atoms with Gasteiger partial charge in [0.2, 0.25) is 0 Å². The Balaban J connectivity index is 2.63. The van der Waals surface area contributed by atoms with E-state index in [4.69, 9.17) is 0 Å². The minimum atomic E-state index is 1.24. The summed E-state index contributed by atoms with van der Waals surface area (Å²) in [7, 11) is 0. The fourth-order valence-electron chi connectivity index (χ4n) is 1.51. The summed E-state index contributed by atoms with van der Waals surface area (Å²) in [5.74, 6) is 2.48. The summed E-state index contributed by atoms with van der Waals surface area (Å²) in [4.78, 5) is 2.93. The highest BCUT2D eigenvalue weighted by atomic mass is 79.9. The number of thioether (sulfide) groups is 2. The maximum absolute atomic E-state index is 3.67. The van der Waals surface area contributed by atoms with E-state index in [0.29, 0.717) is 0 Å². The van der Waals surface area contributed by atoms with Crippen molar-refractivity contribution in [3.05, 3.63) is 21.7 Å². The van der Waals surface area contributed by atoms with Gasteiger partial charge in [0.1, 0.15) is 0 Å². The first-order chi connectivity index (χ1) is 6.20. The van der Waals surface area contributed by atoms with Gasteiger partial charge in [0.05, 0.1) is 0 Å². The van der Waals surface area contributed by atoms with Crippen LogP contribution in [0.5, 0.6) is 0 Å². The van der Waals surface area contributed by atoms with E-state index in [9.17, 15) is 0 Å². The number of rotatable bonds is 0. The molecule has 0 radical (unpaired) electrons. The van der Waals surface area contributed by atoms with E-state index in [2.05, 4.69) is 35.8 Å². The summed E-state index contributed by atoms with van der Waals surface area (Å²) >= 11 is 7.63. The van der Waals surface area contributed by atoms with E-state index in [-0.39, 0.29) is 0 Å².